The zero-order valence-electron chi connectivity index (χ0n) is 7.63. The topological polar surface area (TPSA) is 33.0 Å². The largest absolute Gasteiger partial charge is 0.359 e. The number of nitrogens with zero attached hydrogens (tertiary/aromatic N) is 1. The summed E-state index contributed by atoms with van der Waals surface area (Å²) in [7, 11) is 0. The summed E-state index contributed by atoms with van der Waals surface area (Å²) >= 11 is 9.13. The monoisotopic (exact) mass is 273 g/mol. The number of hydrogen-bond donors (Lipinski definition) is 0. The second-order valence-corrected chi connectivity index (χ2v) is 3.90. The van der Waals surface area contributed by atoms with Crippen LogP contribution in [0.15, 0.2) is 22.7 Å². The minimum absolute atomic E-state index is 0.512. The van der Waals surface area contributed by atoms with Gasteiger partial charge in [-0.1, -0.05) is 17.7 Å². The molecule has 1 aromatic rings. The molecule has 1 unspecified atom stereocenters. The summed E-state index contributed by atoms with van der Waals surface area (Å²) in [6, 6.07) is 7.41. The summed E-state index contributed by atoms with van der Waals surface area (Å²) in [6.07, 6.45) is -0.520. The first-order valence-electron chi connectivity index (χ1n) is 4.15. The van der Waals surface area contributed by atoms with Crippen LogP contribution in [0.25, 0.3) is 0 Å². The molecule has 0 aliphatic carbocycles. The van der Waals surface area contributed by atoms with Gasteiger partial charge in [0.1, 0.15) is 0 Å². The van der Waals surface area contributed by atoms with Gasteiger partial charge in [0.15, 0.2) is 6.10 Å². The van der Waals surface area contributed by atoms with Gasteiger partial charge in [0.2, 0.25) is 0 Å². The molecule has 0 N–H and O–H groups in total. The minimum Gasteiger partial charge on any atom is -0.359 e. The lowest BCUT2D eigenvalue weighted by Crippen LogP contribution is -2.01. The molecule has 1 aromatic carbocycles. The van der Waals surface area contributed by atoms with Gasteiger partial charge in [-0.3, -0.25) is 0 Å². The molecule has 0 saturated heterocycles. The minimum atomic E-state index is -0.520. The third kappa shape index (κ3) is 2.71. The predicted octanol–water partition coefficient (Wildman–Crippen LogP) is 3.70. The number of benzene rings is 1. The van der Waals surface area contributed by atoms with Crippen molar-refractivity contribution >= 4 is 27.5 Å². The molecule has 0 aliphatic rings. The molecule has 0 saturated carbocycles. The maximum absolute atomic E-state index is 8.85. The molecule has 0 aromatic heterocycles. The maximum Gasteiger partial charge on any atom is 0.169 e. The highest BCUT2D eigenvalue weighted by Gasteiger charge is 2.10. The van der Waals surface area contributed by atoms with E-state index >= 15 is 0 Å². The first-order valence-corrected chi connectivity index (χ1v) is 5.32. The fourth-order valence-corrected chi connectivity index (χ4v) is 1.56. The van der Waals surface area contributed by atoms with Crippen molar-refractivity contribution < 1.29 is 4.74 Å². The van der Waals surface area contributed by atoms with E-state index in [0.29, 0.717) is 11.6 Å². The van der Waals surface area contributed by atoms with Gasteiger partial charge >= 0.3 is 0 Å². The van der Waals surface area contributed by atoms with Gasteiger partial charge in [0.25, 0.3) is 0 Å². The lowest BCUT2D eigenvalue weighted by Gasteiger charge is -2.09. The van der Waals surface area contributed by atoms with Crippen LogP contribution < -0.4 is 0 Å². The molecule has 0 aliphatic heterocycles. The molecule has 4 heteroatoms. The van der Waals surface area contributed by atoms with E-state index in [1.165, 1.54) is 0 Å². The van der Waals surface area contributed by atoms with Crippen LogP contribution in [-0.2, 0) is 4.74 Å². The van der Waals surface area contributed by atoms with Gasteiger partial charge in [-0.05, 0) is 40.5 Å². The van der Waals surface area contributed by atoms with Crippen molar-refractivity contribution in [3.05, 3.63) is 33.3 Å². The average Bonchev–Trinajstić information content (AvgIpc) is 2.19. The fraction of sp³-hybridized carbons (Fsp3) is 0.300. The summed E-state index contributed by atoms with van der Waals surface area (Å²) in [5.41, 5.74) is 0.811. The van der Waals surface area contributed by atoms with Crippen LogP contribution in [0.4, 0.5) is 0 Å². The van der Waals surface area contributed by atoms with E-state index in [1.807, 2.05) is 6.92 Å². The molecule has 14 heavy (non-hydrogen) atoms. The van der Waals surface area contributed by atoms with E-state index in [4.69, 9.17) is 21.6 Å². The van der Waals surface area contributed by atoms with E-state index in [2.05, 4.69) is 22.0 Å². The molecule has 2 nitrogen and oxygen atoms in total. The standard InChI is InChI=1S/C10H9BrClNO/c1-2-14-10(6-13)7-3-4-9(12)8(11)5-7/h3-5,10H,2H2,1H3. The summed E-state index contributed by atoms with van der Waals surface area (Å²) in [6.45, 7) is 2.37. The van der Waals surface area contributed by atoms with Crippen LogP contribution in [0.5, 0.6) is 0 Å². The Morgan fingerprint density at radius 1 is 1.64 bits per heavy atom. The average molecular weight is 275 g/mol. The Morgan fingerprint density at radius 2 is 2.36 bits per heavy atom. The third-order valence-corrected chi connectivity index (χ3v) is 2.91. The SMILES string of the molecule is CCOC(C#N)c1ccc(Cl)c(Br)c1. The van der Waals surface area contributed by atoms with E-state index in [0.717, 1.165) is 10.0 Å². The van der Waals surface area contributed by atoms with E-state index < -0.39 is 6.10 Å². The molecule has 0 bridgehead atoms. The molecule has 0 fully saturated rings. The summed E-state index contributed by atoms with van der Waals surface area (Å²) in [5.74, 6) is 0. The van der Waals surface area contributed by atoms with Gasteiger partial charge in [0, 0.05) is 11.1 Å². The van der Waals surface area contributed by atoms with Crippen LogP contribution >= 0.6 is 27.5 Å². The highest BCUT2D eigenvalue weighted by molar-refractivity contribution is 9.10. The van der Waals surface area contributed by atoms with Crippen molar-refractivity contribution in [2.24, 2.45) is 0 Å². The van der Waals surface area contributed by atoms with E-state index in [-0.39, 0.29) is 0 Å². The van der Waals surface area contributed by atoms with Gasteiger partial charge in [-0.15, -0.1) is 0 Å². The quantitative estimate of drug-likeness (QED) is 0.842. The van der Waals surface area contributed by atoms with Crippen molar-refractivity contribution in [1.29, 1.82) is 5.26 Å². The Labute approximate surface area is 96.6 Å². The summed E-state index contributed by atoms with van der Waals surface area (Å²) in [4.78, 5) is 0. The van der Waals surface area contributed by atoms with Gasteiger partial charge in [0.05, 0.1) is 11.1 Å². The molecule has 74 valence electrons. The molecule has 0 heterocycles. The van der Waals surface area contributed by atoms with Crippen LogP contribution in [0.1, 0.15) is 18.6 Å². The first kappa shape index (κ1) is 11.5. The molecule has 1 rings (SSSR count). The Kier molecular flexibility index (Phi) is 4.40. The van der Waals surface area contributed by atoms with Crippen molar-refractivity contribution in [1.82, 2.24) is 0 Å². The number of rotatable bonds is 3. The summed E-state index contributed by atoms with van der Waals surface area (Å²) in [5, 5.41) is 9.47. The fourth-order valence-electron chi connectivity index (χ4n) is 1.05. The lowest BCUT2D eigenvalue weighted by atomic mass is 10.1. The first-order chi connectivity index (χ1) is 6.69. The lowest BCUT2D eigenvalue weighted by molar-refractivity contribution is 0.102. The smallest absolute Gasteiger partial charge is 0.169 e. The van der Waals surface area contributed by atoms with Gasteiger partial charge < -0.3 is 4.74 Å². The maximum atomic E-state index is 8.85. The van der Waals surface area contributed by atoms with Gasteiger partial charge in [-0.25, -0.2) is 0 Å². The second kappa shape index (κ2) is 5.35. The normalized spacial score (nSPS) is 12.1. The second-order valence-electron chi connectivity index (χ2n) is 2.64. The zero-order valence-corrected chi connectivity index (χ0v) is 9.97. The van der Waals surface area contributed by atoms with Crippen LogP contribution in [-0.4, -0.2) is 6.61 Å². The number of nitriles is 1. The number of ether oxygens (including phenoxy) is 1. The molecule has 0 amide bonds. The van der Waals surface area contributed by atoms with E-state index in [1.54, 1.807) is 18.2 Å². The zero-order chi connectivity index (χ0) is 10.6. The molecule has 0 spiro atoms. The van der Waals surface area contributed by atoms with Crippen molar-refractivity contribution in [3.63, 3.8) is 0 Å². The van der Waals surface area contributed by atoms with Crippen molar-refractivity contribution in [2.75, 3.05) is 6.61 Å². The molecule has 1 atom stereocenters. The third-order valence-electron chi connectivity index (χ3n) is 1.70. The number of halogens is 2. The molecular weight excluding hydrogens is 265 g/mol. The molecular formula is C10H9BrClNO. The van der Waals surface area contributed by atoms with Crippen LogP contribution in [0.2, 0.25) is 5.02 Å². The van der Waals surface area contributed by atoms with Crippen LogP contribution in [0, 0.1) is 11.3 Å². The highest BCUT2D eigenvalue weighted by atomic mass is 79.9. The van der Waals surface area contributed by atoms with Crippen molar-refractivity contribution in [2.45, 2.75) is 13.0 Å². The summed E-state index contributed by atoms with van der Waals surface area (Å²) < 4.78 is 6.02. The van der Waals surface area contributed by atoms with Crippen LogP contribution in [0.3, 0.4) is 0 Å². The Hall–Kier alpha value is -0.560. The predicted molar refractivity (Wildman–Crippen MR) is 59.1 cm³/mol. The Morgan fingerprint density at radius 3 is 2.86 bits per heavy atom. The Balaban J connectivity index is 2.95. The van der Waals surface area contributed by atoms with E-state index in [9.17, 15) is 0 Å². The molecule has 0 radical (unpaired) electrons. The van der Waals surface area contributed by atoms with Gasteiger partial charge in [-0.2, -0.15) is 5.26 Å². The number of hydrogen-bond acceptors (Lipinski definition) is 2. The van der Waals surface area contributed by atoms with Crippen molar-refractivity contribution in [3.8, 4) is 6.07 Å². The highest BCUT2D eigenvalue weighted by Crippen LogP contribution is 2.27. The Bertz CT molecular complexity index is 362.